The molecule has 0 spiro atoms. The van der Waals surface area contributed by atoms with Crippen LogP contribution < -0.4 is 5.32 Å². The van der Waals surface area contributed by atoms with E-state index in [0.717, 1.165) is 0 Å². The molecule has 1 aliphatic rings. The summed E-state index contributed by atoms with van der Waals surface area (Å²) >= 11 is 9.62. The van der Waals surface area contributed by atoms with E-state index in [0.29, 0.717) is 20.7 Å². The monoisotopic (exact) mass is 367 g/mol. The maximum Gasteiger partial charge on any atom is 0.246 e. The molecule has 0 bridgehead atoms. The summed E-state index contributed by atoms with van der Waals surface area (Å²) in [6.45, 7) is -0.117. The Morgan fingerprint density at radius 3 is 2.90 bits per heavy atom. The molecule has 3 rings (SSSR count). The highest BCUT2D eigenvalue weighted by Gasteiger charge is 2.24. The second kappa shape index (κ2) is 5.54. The minimum absolute atomic E-state index is 0.0650. The number of aliphatic imine (C=N–C) groups is 1. The number of benzodiazepines with no additional fused rings is 1. The van der Waals surface area contributed by atoms with E-state index in [-0.39, 0.29) is 23.9 Å². The topological polar surface area (TPSA) is 54.4 Å². The fraction of sp³-hybridized carbons (Fsp3) is 0.0714. The highest BCUT2D eigenvalue weighted by Crippen LogP contribution is 2.34. The van der Waals surface area contributed by atoms with Crippen LogP contribution in [-0.2, 0) is 4.79 Å². The molecule has 0 aliphatic carbocycles. The lowest BCUT2D eigenvalue weighted by atomic mass is 10.0. The molecule has 1 aliphatic heterocycles. The number of benzene rings is 1. The Labute approximate surface area is 133 Å². The third-order valence-electron chi connectivity index (χ3n) is 2.97. The van der Waals surface area contributed by atoms with Crippen LogP contribution in [0.2, 0.25) is 5.02 Å². The fourth-order valence-electron chi connectivity index (χ4n) is 2.06. The van der Waals surface area contributed by atoms with E-state index < -0.39 is 5.82 Å². The SMILES string of the molecule is O=C1CN=C(c2ncccc2F)c2c(ccc(Br)c2Cl)N1. The quantitative estimate of drug-likeness (QED) is 0.838. The van der Waals surface area contributed by atoms with Gasteiger partial charge in [-0.25, -0.2) is 4.39 Å². The van der Waals surface area contributed by atoms with E-state index >= 15 is 0 Å². The number of carbonyl (C=O) groups is 1. The van der Waals surface area contributed by atoms with Gasteiger partial charge < -0.3 is 5.32 Å². The minimum Gasteiger partial charge on any atom is -0.324 e. The van der Waals surface area contributed by atoms with Gasteiger partial charge in [-0.3, -0.25) is 14.8 Å². The Morgan fingerprint density at radius 2 is 2.14 bits per heavy atom. The zero-order valence-corrected chi connectivity index (χ0v) is 12.9. The molecular formula is C14H8BrClFN3O. The summed E-state index contributed by atoms with van der Waals surface area (Å²) in [5.74, 6) is -0.812. The third kappa shape index (κ3) is 2.56. The van der Waals surface area contributed by atoms with Crippen molar-refractivity contribution in [2.45, 2.75) is 0 Å². The second-order valence-corrected chi connectivity index (χ2v) is 5.56. The predicted octanol–water partition coefficient (Wildman–Crippen LogP) is 3.43. The number of fused-ring (bicyclic) bond motifs is 1. The molecule has 1 amide bonds. The first-order chi connectivity index (χ1) is 10.1. The van der Waals surface area contributed by atoms with Crippen LogP contribution in [0, 0.1) is 5.82 Å². The summed E-state index contributed by atoms with van der Waals surface area (Å²) in [6, 6.07) is 6.17. The number of nitrogens with one attached hydrogen (secondary N) is 1. The zero-order valence-electron chi connectivity index (χ0n) is 10.5. The molecular weight excluding hydrogens is 361 g/mol. The van der Waals surface area contributed by atoms with Gasteiger partial charge in [0.05, 0.1) is 16.4 Å². The summed E-state index contributed by atoms with van der Waals surface area (Å²) in [6.07, 6.45) is 1.46. The van der Waals surface area contributed by atoms with Crippen molar-refractivity contribution in [1.82, 2.24) is 4.98 Å². The van der Waals surface area contributed by atoms with Crippen LogP contribution in [0.25, 0.3) is 0 Å². The number of pyridine rings is 1. The summed E-state index contributed by atoms with van der Waals surface area (Å²) in [5.41, 5.74) is 1.26. The van der Waals surface area contributed by atoms with Crippen molar-refractivity contribution < 1.29 is 9.18 Å². The van der Waals surface area contributed by atoms with Crippen molar-refractivity contribution >= 4 is 44.8 Å². The molecule has 21 heavy (non-hydrogen) atoms. The van der Waals surface area contributed by atoms with Crippen molar-refractivity contribution in [1.29, 1.82) is 0 Å². The third-order valence-corrected chi connectivity index (χ3v) is 4.25. The van der Waals surface area contributed by atoms with Crippen LogP contribution in [0.1, 0.15) is 11.3 Å². The van der Waals surface area contributed by atoms with Crippen LogP contribution in [-0.4, -0.2) is 23.1 Å². The number of carbonyl (C=O) groups excluding carboxylic acids is 1. The first-order valence-corrected chi connectivity index (χ1v) is 7.18. The van der Waals surface area contributed by atoms with E-state index in [2.05, 4.69) is 31.2 Å². The number of hydrogen-bond donors (Lipinski definition) is 1. The Kier molecular flexibility index (Phi) is 3.73. The van der Waals surface area contributed by atoms with Gasteiger partial charge in [0, 0.05) is 16.2 Å². The molecule has 4 nitrogen and oxygen atoms in total. The summed E-state index contributed by atoms with van der Waals surface area (Å²) in [5, 5.41) is 3.05. The normalized spacial score (nSPS) is 14.0. The largest absolute Gasteiger partial charge is 0.324 e. The molecule has 2 aromatic rings. The van der Waals surface area contributed by atoms with Crippen LogP contribution in [0.4, 0.5) is 10.1 Å². The number of halogens is 3. The van der Waals surface area contributed by atoms with Crippen molar-refractivity contribution in [3.05, 3.63) is 57.0 Å². The van der Waals surface area contributed by atoms with E-state index in [1.807, 2.05) is 0 Å². The number of anilines is 1. The molecule has 0 atom stereocenters. The number of amides is 1. The van der Waals surface area contributed by atoms with Crippen molar-refractivity contribution in [2.24, 2.45) is 4.99 Å². The molecule has 106 valence electrons. The van der Waals surface area contributed by atoms with E-state index in [9.17, 15) is 9.18 Å². The smallest absolute Gasteiger partial charge is 0.246 e. The van der Waals surface area contributed by atoms with Crippen LogP contribution in [0.5, 0.6) is 0 Å². The van der Waals surface area contributed by atoms with Crippen LogP contribution in [0.15, 0.2) is 39.9 Å². The predicted molar refractivity (Wildman–Crippen MR) is 82.5 cm³/mol. The second-order valence-electron chi connectivity index (χ2n) is 4.33. The van der Waals surface area contributed by atoms with Crippen molar-refractivity contribution in [3.8, 4) is 0 Å². The number of aromatic nitrogens is 1. The van der Waals surface area contributed by atoms with Crippen LogP contribution in [0.3, 0.4) is 0 Å². The summed E-state index contributed by atoms with van der Waals surface area (Å²) < 4.78 is 14.7. The Bertz CT molecular complexity index is 779. The number of hydrogen-bond acceptors (Lipinski definition) is 3. The average Bonchev–Trinajstić information content (AvgIpc) is 2.63. The standard InChI is InChI=1S/C14H8BrClFN3O/c15-7-3-4-9-11(12(7)16)14(19-6-10(21)20-9)13-8(17)2-1-5-18-13/h1-5H,6H2,(H,20,21). The molecule has 1 aromatic heterocycles. The van der Waals surface area contributed by atoms with Crippen molar-refractivity contribution in [3.63, 3.8) is 0 Å². The molecule has 0 radical (unpaired) electrons. The van der Waals surface area contributed by atoms with Gasteiger partial charge in [0.1, 0.15) is 12.2 Å². The van der Waals surface area contributed by atoms with Gasteiger partial charge in [0.2, 0.25) is 5.91 Å². The first-order valence-electron chi connectivity index (χ1n) is 6.01. The lowest BCUT2D eigenvalue weighted by molar-refractivity contribution is -0.114. The average molecular weight is 369 g/mol. The molecule has 1 N–H and O–H groups in total. The lowest BCUT2D eigenvalue weighted by Crippen LogP contribution is -2.13. The van der Waals surface area contributed by atoms with Gasteiger partial charge >= 0.3 is 0 Å². The summed E-state index contributed by atoms with van der Waals surface area (Å²) in [7, 11) is 0. The lowest BCUT2D eigenvalue weighted by Gasteiger charge is -2.12. The highest BCUT2D eigenvalue weighted by molar-refractivity contribution is 9.10. The van der Waals surface area contributed by atoms with Gasteiger partial charge in [0.15, 0.2) is 5.82 Å². The van der Waals surface area contributed by atoms with Crippen molar-refractivity contribution in [2.75, 3.05) is 11.9 Å². The molecule has 0 saturated carbocycles. The zero-order chi connectivity index (χ0) is 15.0. The van der Waals surface area contributed by atoms with Gasteiger partial charge in [0.25, 0.3) is 0 Å². The Hall–Kier alpha value is -1.79. The van der Waals surface area contributed by atoms with Crippen LogP contribution >= 0.6 is 27.5 Å². The Morgan fingerprint density at radius 1 is 1.33 bits per heavy atom. The molecule has 0 fully saturated rings. The molecule has 0 unspecified atom stereocenters. The van der Waals surface area contributed by atoms with E-state index in [4.69, 9.17) is 11.6 Å². The first kappa shape index (κ1) is 14.2. The highest BCUT2D eigenvalue weighted by atomic mass is 79.9. The van der Waals surface area contributed by atoms with Gasteiger partial charge in [-0.05, 0) is 40.2 Å². The number of rotatable bonds is 1. The van der Waals surface area contributed by atoms with Gasteiger partial charge in [-0.1, -0.05) is 11.6 Å². The summed E-state index contributed by atoms with van der Waals surface area (Å²) in [4.78, 5) is 19.9. The van der Waals surface area contributed by atoms with Gasteiger partial charge in [-0.2, -0.15) is 0 Å². The van der Waals surface area contributed by atoms with E-state index in [1.54, 1.807) is 12.1 Å². The van der Waals surface area contributed by atoms with Gasteiger partial charge in [-0.15, -0.1) is 0 Å². The minimum atomic E-state index is -0.521. The maximum absolute atomic E-state index is 14.0. The number of nitrogens with zero attached hydrogens (tertiary/aromatic N) is 2. The fourth-order valence-corrected chi connectivity index (χ4v) is 2.64. The molecule has 7 heteroatoms. The molecule has 0 saturated heterocycles. The molecule has 1 aromatic carbocycles. The van der Waals surface area contributed by atoms with E-state index in [1.165, 1.54) is 18.3 Å². The molecule has 2 heterocycles. The maximum atomic E-state index is 14.0. The Balaban J connectivity index is 2.30.